The van der Waals surface area contributed by atoms with Gasteiger partial charge < -0.3 is 10.2 Å². The summed E-state index contributed by atoms with van der Waals surface area (Å²) in [5, 5.41) is 2.94. The lowest BCUT2D eigenvalue weighted by atomic mass is 10.1. The Kier molecular flexibility index (Phi) is 6.79. The number of carbonyl (C=O) groups excluding carboxylic acids is 2. The number of benzene rings is 1. The zero-order valence-electron chi connectivity index (χ0n) is 15.1. The van der Waals surface area contributed by atoms with E-state index >= 15 is 0 Å². The number of aryl methyl sites for hydroxylation is 2. The Labute approximate surface area is 145 Å². The molecular weight excluding hydrogens is 302 g/mol. The molecule has 0 saturated carbocycles. The number of unbranched alkanes of at least 4 members (excludes halogenated alkanes) is 1. The van der Waals surface area contributed by atoms with Gasteiger partial charge in [-0.1, -0.05) is 19.4 Å². The highest BCUT2D eigenvalue weighted by Gasteiger charge is 2.23. The van der Waals surface area contributed by atoms with Crippen LogP contribution in [0.25, 0.3) is 0 Å². The first-order valence-corrected chi connectivity index (χ1v) is 8.87. The molecule has 2 rings (SSSR count). The lowest BCUT2D eigenvalue weighted by molar-refractivity contribution is -0.122. The smallest absolute Gasteiger partial charge is 0.253 e. The van der Waals surface area contributed by atoms with Gasteiger partial charge in [0.25, 0.3) is 5.91 Å². The van der Waals surface area contributed by atoms with Gasteiger partial charge in [0, 0.05) is 38.3 Å². The molecule has 0 atom stereocenters. The van der Waals surface area contributed by atoms with E-state index in [4.69, 9.17) is 0 Å². The molecule has 0 aromatic heterocycles. The van der Waals surface area contributed by atoms with Gasteiger partial charge in [0.15, 0.2) is 0 Å². The molecule has 0 radical (unpaired) electrons. The lowest BCUT2D eigenvalue weighted by Gasteiger charge is -2.34. The molecule has 0 aliphatic carbocycles. The van der Waals surface area contributed by atoms with E-state index in [9.17, 15) is 9.59 Å². The minimum absolute atomic E-state index is 0.0809. The first kappa shape index (κ1) is 18.5. The molecule has 1 heterocycles. The first-order chi connectivity index (χ1) is 11.5. The molecule has 1 aliphatic heterocycles. The number of carbonyl (C=O) groups is 2. The molecule has 132 valence electrons. The zero-order valence-corrected chi connectivity index (χ0v) is 15.1. The largest absolute Gasteiger partial charge is 0.355 e. The molecule has 1 fully saturated rings. The topological polar surface area (TPSA) is 52.7 Å². The molecule has 24 heavy (non-hydrogen) atoms. The third-order valence-electron chi connectivity index (χ3n) is 4.63. The summed E-state index contributed by atoms with van der Waals surface area (Å²) in [6.07, 6.45) is 2.10. The van der Waals surface area contributed by atoms with Crippen LogP contribution in [0.15, 0.2) is 18.2 Å². The first-order valence-electron chi connectivity index (χ1n) is 8.87. The number of hydrogen-bond donors (Lipinski definition) is 1. The van der Waals surface area contributed by atoms with Crippen LogP contribution in [0, 0.1) is 13.8 Å². The van der Waals surface area contributed by atoms with E-state index in [1.165, 1.54) is 5.56 Å². The summed E-state index contributed by atoms with van der Waals surface area (Å²) in [4.78, 5) is 28.5. The van der Waals surface area contributed by atoms with E-state index in [1.807, 2.05) is 36.9 Å². The number of nitrogens with zero attached hydrogens (tertiary/aromatic N) is 2. The molecule has 0 bridgehead atoms. The molecule has 5 nitrogen and oxygen atoms in total. The molecule has 1 aromatic rings. The van der Waals surface area contributed by atoms with E-state index in [2.05, 4.69) is 17.1 Å². The van der Waals surface area contributed by atoms with Crippen molar-refractivity contribution >= 4 is 11.8 Å². The second-order valence-corrected chi connectivity index (χ2v) is 6.57. The van der Waals surface area contributed by atoms with Gasteiger partial charge in [-0.15, -0.1) is 0 Å². The van der Waals surface area contributed by atoms with Gasteiger partial charge in [0.2, 0.25) is 5.91 Å². The summed E-state index contributed by atoms with van der Waals surface area (Å²) in [5.74, 6) is 0.169. The van der Waals surface area contributed by atoms with Crippen molar-refractivity contribution in [1.29, 1.82) is 0 Å². The normalized spacial score (nSPS) is 15.4. The summed E-state index contributed by atoms with van der Waals surface area (Å²) in [6.45, 7) is 10.2. The standard InChI is InChI=1S/C19H29N3O2/c1-4-5-8-20-18(23)14-21-9-11-22(12-10-21)19(24)17-7-6-15(2)16(3)13-17/h6-7,13H,4-5,8-12,14H2,1-3H3,(H,20,23). The molecule has 1 aromatic carbocycles. The van der Waals surface area contributed by atoms with Gasteiger partial charge >= 0.3 is 0 Å². The molecule has 1 saturated heterocycles. The summed E-state index contributed by atoms with van der Waals surface area (Å²) in [6, 6.07) is 5.86. The van der Waals surface area contributed by atoms with Crippen LogP contribution < -0.4 is 5.32 Å². The fourth-order valence-electron chi connectivity index (χ4n) is 2.83. The Morgan fingerprint density at radius 1 is 1.08 bits per heavy atom. The Morgan fingerprint density at radius 2 is 1.79 bits per heavy atom. The van der Waals surface area contributed by atoms with E-state index in [1.54, 1.807) is 0 Å². The van der Waals surface area contributed by atoms with Crippen molar-refractivity contribution in [1.82, 2.24) is 15.1 Å². The highest BCUT2D eigenvalue weighted by molar-refractivity contribution is 5.94. The number of amides is 2. The van der Waals surface area contributed by atoms with E-state index < -0.39 is 0 Å². The highest BCUT2D eigenvalue weighted by Crippen LogP contribution is 2.13. The number of hydrogen-bond acceptors (Lipinski definition) is 3. The zero-order chi connectivity index (χ0) is 17.5. The van der Waals surface area contributed by atoms with Crippen molar-refractivity contribution in [2.45, 2.75) is 33.6 Å². The van der Waals surface area contributed by atoms with Crippen molar-refractivity contribution < 1.29 is 9.59 Å². The van der Waals surface area contributed by atoms with Crippen LogP contribution in [-0.4, -0.2) is 60.9 Å². The summed E-state index contributed by atoms with van der Waals surface area (Å²) in [7, 11) is 0. The summed E-state index contributed by atoms with van der Waals surface area (Å²) < 4.78 is 0. The van der Waals surface area contributed by atoms with E-state index in [-0.39, 0.29) is 11.8 Å². The van der Waals surface area contributed by atoms with Gasteiger partial charge in [0.05, 0.1) is 6.54 Å². The van der Waals surface area contributed by atoms with Crippen LogP contribution in [0.2, 0.25) is 0 Å². The summed E-state index contributed by atoms with van der Waals surface area (Å²) >= 11 is 0. The van der Waals surface area contributed by atoms with E-state index in [0.29, 0.717) is 19.6 Å². The molecule has 2 amide bonds. The fourth-order valence-corrected chi connectivity index (χ4v) is 2.83. The monoisotopic (exact) mass is 331 g/mol. The number of rotatable bonds is 6. The maximum atomic E-state index is 12.6. The third-order valence-corrected chi connectivity index (χ3v) is 4.63. The van der Waals surface area contributed by atoms with Crippen LogP contribution >= 0.6 is 0 Å². The second kappa shape index (κ2) is 8.83. The van der Waals surface area contributed by atoms with Gasteiger partial charge in [0.1, 0.15) is 0 Å². The number of nitrogens with one attached hydrogen (secondary N) is 1. The molecule has 1 aliphatic rings. The van der Waals surface area contributed by atoms with Crippen molar-refractivity contribution in [3.05, 3.63) is 34.9 Å². The predicted octanol–water partition coefficient (Wildman–Crippen LogP) is 1.98. The summed E-state index contributed by atoms with van der Waals surface area (Å²) in [5.41, 5.74) is 3.09. The quantitative estimate of drug-likeness (QED) is 0.811. The molecule has 5 heteroatoms. The van der Waals surface area contributed by atoms with Crippen LogP contribution in [-0.2, 0) is 4.79 Å². The average molecular weight is 331 g/mol. The molecular formula is C19H29N3O2. The maximum Gasteiger partial charge on any atom is 0.253 e. The van der Waals surface area contributed by atoms with Gasteiger partial charge in [-0.3, -0.25) is 14.5 Å². The predicted molar refractivity (Wildman–Crippen MR) is 96.2 cm³/mol. The van der Waals surface area contributed by atoms with Gasteiger partial charge in [-0.05, 0) is 43.5 Å². The number of piperazine rings is 1. The Morgan fingerprint density at radius 3 is 2.42 bits per heavy atom. The average Bonchev–Trinajstić information content (AvgIpc) is 2.57. The van der Waals surface area contributed by atoms with Crippen LogP contribution in [0.3, 0.4) is 0 Å². The van der Waals surface area contributed by atoms with Crippen LogP contribution in [0.4, 0.5) is 0 Å². The van der Waals surface area contributed by atoms with Gasteiger partial charge in [-0.2, -0.15) is 0 Å². The highest BCUT2D eigenvalue weighted by atomic mass is 16.2. The third kappa shape index (κ3) is 5.06. The van der Waals surface area contributed by atoms with Crippen molar-refractivity contribution in [3.63, 3.8) is 0 Å². The molecule has 0 spiro atoms. The molecule has 0 unspecified atom stereocenters. The Balaban J connectivity index is 1.80. The van der Waals surface area contributed by atoms with Crippen molar-refractivity contribution in [2.24, 2.45) is 0 Å². The van der Waals surface area contributed by atoms with Crippen molar-refractivity contribution in [2.75, 3.05) is 39.3 Å². The van der Waals surface area contributed by atoms with E-state index in [0.717, 1.165) is 43.6 Å². The Bertz CT molecular complexity index is 578. The van der Waals surface area contributed by atoms with Crippen LogP contribution in [0.5, 0.6) is 0 Å². The Hall–Kier alpha value is -1.88. The van der Waals surface area contributed by atoms with Gasteiger partial charge in [-0.25, -0.2) is 0 Å². The van der Waals surface area contributed by atoms with Crippen molar-refractivity contribution in [3.8, 4) is 0 Å². The minimum Gasteiger partial charge on any atom is -0.355 e. The van der Waals surface area contributed by atoms with Crippen LogP contribution in [0.1, 0.15) is 41.3 Å². The maximum absolute atomic E-state index is 12.6. The lowest BCUT2D eigenvalue weighted by Crippen LogP contribution is -2.51. The SMILES string of the molecule is CCCCNC(=O)CN1CCN(C(=O)c2ccc(C)c(C)c2)CC1. The fraction of sp³-hybridized carbons (Fsp3) is 0.579. The minimum atomic E-state index is 0.0809. The molecule has 1 N–H and O–H groups in total. The second-order valence-electron chi connectivity index (χ2n) is 6.57.